The molecule has 0 radical (unpaired) electrons. The highest BCUT2D eigenvalue weighted by molar-refractivity contribution is 7.26. The van der Waals surface area contributed by atoms with E-state index in [-0.39, 0.29) is 11.3 Å². The second kappa shape index (κ2) is 7.58. The first-order valence-corrected chi connectivity index (χ1v) is 12.0. The van der Waals surface area contributed by atoms with Crippen LogP contribution in [0.4, 0.5) is 11.6 Å². The molecule has 1 N–H and O–H groups in total. The van der Waals surface area contributed by atoms with E-state index in [1.54, 1.807) is 17.7 Å². The van der Waals surface area contributed by atoms with Crippen molar-refractivity contribution >= 4 is 49.3 Å². The average molecular weight is 439 g/mol. The molecule has 1 saturated heterocycles. The van der Waals surface area contributed by atoms with Gasteiger partial charge < -0.3 is 15.1 Å². The van der Waals surface area contributed by atoms with Crippen molar-refractivity contribution in [2.24, 2.45) is 0 Å². The fourth-order valence-corrected chi connectivity index (χ4v) is 6.19. The Morgan fingerprint density at radius 1 is 1.26 bits per heavy atom. The van der Waals surface area contributed by atoms with Gasteiger partial charge in [0.1, 0.15) is 22.8 Å². The van der Waals surface area contributed by atoms with E-state index in [0.29, 0.717) is 6.42 Å². The molecule has 5 rings (SSSR count). The highest BCUT2D eigenvalue weighted by Gasteiger charge is 2.36. The lowest BCUT2D eigenvalue weighted by Crippen LogP contribution is -2.27. The van der Waals surface area contributed by atoms with E-state index in [2.05, 4.69) is 43.1 Å². The van der Waals surface area contributed by atoms with Crippen LogP contribution in [0.1, 0.15) is 50.7 Å². The Bertz CT molecular complexity index is 1170. The zero-order chi connectivity index (χ0) is 21.8. The molecule has 1 aliphatic heterocycles. The third-order valence-electron chi connectivity index (χ3n) is 6.65. The number of carbonyl (C=O) groups is 1. The number of aromatic nitrogens is 3. The quantitative estimate of drug-likeness (QED) is 0.588. The minimum Gasteiger partial charge on any atom is -0.369 e. The fraction of sp³-hybridized carbons (Fsp3) is 0.565. The first kappa shape index (κ1) is 20.4. The van der Waals surface area contributed by atoms with E-state index in [0.717, 1.165) is 72.0 Å². The number of nitrogens with zero attached hydrogens (tertiary/aromatic N) is 5. The Morgan fingerprint density at radius 2 is 2.10 bits per heavy atom. The molecular weight excluding hydrogens is 408 g/mol. The molecule has 1 fully saturated rings. The molecule has 3 aromatic rings. The van der Waals surface area contributed by atoms with Crippen molar-refractivity contribution in [2.45, 2.75) is 51.4 Å². The minimum absolute atomic E-state index is 0.107. The van der Waals surface area contributed by atoms with Crippen LogP contribution in [0.25, 0.3) is 20.4 Å². The smallest absolute Gasteiger partial charge is 0.222 e. The van der Waals surface area contributed by atoms with Gasteiger partial charge in [-0.2, -0.15) is 0 Å². The van der Waals surface area contributed by atoms with Gasteiger partial charge in [-0.25, -0.2) is 15.0 Å². The van der Waals surface area contributed by atoms with Crippen molar-refractivity contribution in [1.82, 2.24) is 19.9 Å². The molecule has 2 aliphatic rings. The number of pyridine rings is 1. The molecule has 7 nitrogen and oxygen atoms in total. The number of hydrogen-bond donors (Lipinski definition) is 1. The van der Waals surface area contributed by atoms with Crippen LogP contribution in [0.3, 0.4) is 0 Å². The Hall–Kier alpha value is -2.48. The molecule has 164 valence electrons. The predicted octanol–water partition coefficient (Wildman–Crippen LogP) is 3.95. The summed E-state index contributed by atoms with van der Waals surface area (Å²) in [7, 11) is 4.15. The first-order valence-electron chi connectivity index (χ1n) is 11.2. The molecule has 4 heterocycles. The summed E-state index contributed by atoms with van der Waals surface area (Å²) in [6.45, 7) is 7.15. The van der Waals surface area contributed by atoms with Crippen LogP contribution < -0.4 is 10.2 Å². The summed E-state index contributed by atoms with van der Waals surface area (Å²) in [5, 5.41) is 4.70. The molecule has 1 amide bonds. The summed E-state index contributed by atoms with van der Waals surface area (Å²) in [4.78, 5) is 31.2. The van der Waals surface area contributed by atoms with Gasteiger partial charge in [-0.3, -0.25) is 4.79 Å². The zero-order valence-corrected chi connectivity index (χ0v) is 19.6. The lowest BCUT2D eigenvalue weighted by atomic mass is 9.85. The molecular formula is C23H30N6OS. The number of likely N-dealkylation sites (tertiary alicyclic amines) is 1. The van der Waals surface area contributed by atoms with Crippen LogP contribution in [0.5, 0.6) is 0 Å². The Kier molecular flexibility index (Phi) is 5.00. The van der Waals surface area contributed by atoms with Crippen LogP contribution in [-0.4, -0.2) is 59.5 Å². The maximum Gasteiger partial charge on any atom is 0.222 e. The zero-order valence-electron chi connectivity index (χ0n) is 18.8. The van der Waals surface area contributed by atoms with Gasteiger partial charge in [0.25, 0.3) is 0 Å². The minimum atomic E-state index is 0.107. The van der Waals surface area contributed by atoms with Crippen LogP contribution >= 0.6 is 11.3 Å². The van der Waals surface area contributed by atoms with Crippen molar-refractivity contribution in [3.05, 3.63) is 17.5 Å². The predicted molar refractivity (Wildman–Crippen MR) is 127 cm³/mol. The molecule has 1 aliphatic carbocycles. The lowest BCUT2D eigenvalue weighted by molar-refractivity contribution is -0.127. The Labute approximate surface area is 186 Å². The third-order valence-corrected chi connectivity index (χ3v) is 7.73. The van der Waals surface area contributed by atoms with Gasteiger partial charge in [0.05, 0.1) is 10.2 Å². The summed E-state index contributed by atoms with van der Waals surface area (Å²) in [5.41, 5.74) is 3.89. The van der Waals surface area contributed by atoms with Crippen molar-refractivity contribution in [1.29, 1.82) is 0 Å². The second-order valence-corrected chi connectivity index (χ2v) is 10.5. The Morgan fingerprint density at radius 3 is 2.84 bits per heavy atom. The molecule has 8 heteroatoms. The summed E-state index contributed by atoms with van der Waals surface area (Å²) < 4.78 is 1.07. The summed E-state index contributed by atoms with van der Waals surface area (Å²) >= 11 is 1.68. The molecule has 31 heavy (non-hydrogen) atoms. The number of anilines is 2. The molecule has 0 spiro atoms. The summed E-state index contributed by atoms with van der Waals surface area (Å²) in [6, 6.07) is 0. The number of fused-ring (bicyclic) bond motifs is 5. The van der Waals surface area contributed by atoms with Crippen molar-refractivity contribution < 1.29 is 4.79 Å². The summed E-state index contributed by atoms with van der Waals surface area (Å²) in [6.07, 6.45) is 6.45. The maximum absolute atomic E-state index is 11.8. The highest BCUT2D eigenvalue weighted by atomic mass is 32.1. The number of rotatable bonds is 6. The van der Waals surface area contributed by atoms with Crippen LogP contribution in [-0.2, 0) is 16.6 Å². The molecule has 0 bridgehead atoms. The fourth-order valence-electron chi connectivity index (χ4n) is 5.09. The molecule has 0 atom stereocenters. The SMILES string of the molecule is CN(C)c1nc2sc3c(NCCCN4CCCC4=O)ncnc3c2c2c1CCC2(C)C. The van der Waals surface area contributed by atoms with E-state index in [9.17, 15) is 4.79 Å². The highest BCUT2D eigenvalue weighted by Crippen LogP contribution is 2.49. The van der Waals surface area contributed by atoms with Gasteiger partial charge in [0.15, 0.2) is 0 Å². The van der Waals surface area contributed by atoms with Crippen molar-refractivity contribution in [3.8, 4) is 0 Å². The van der Waals surface area contributed by atoms with E-state index >= 15 is 0 Å². The number of nitrogens with one attached hydrogen (secondary N) is 1. The van der Waals surface area contributed by atoms with Gasteiger partial charge >= 0.3 is 0 Å². The summed E-state index contributed by atoms with van der Waals surface area (Å²) in [5.74, 6) is 2.24. The molecule has 0 aromatic carbocycles. The van der Waals surface area contributed by atoms with Gasteiger partial charge in [-0.05, 0) is 42.2 Å². The van der Waals surface area contributed by atoms with E-state index < -0.39 is 0 Å². The van der Waals surface area contributed by atoms with Gasteiger partial charge in [0.2, 0.25) is 5.91 Å². The van der Waals surface area contributed by atoms with Crippen LogP contribution in [0.15, 0.2) is 6.33 Å². The number of thiophene rings is 1. The third kappa shape index (κ3) is 3.41. The lowest BCUT2D eigenvalue weighted by Gasteiger charge is -2.22. The topological polar surface area (TPSA) is 74.2 Å². The Balaban J connectivity index is 1.50. The van der Waals surface area contributed by atoms with Gasteiger partial charge in [-0.1, -0.05) is 13.8 Å². The standard InChI is InChI=1S/C23H30N6OS/c1-23(2)9-8-14-17(23)16-18-19(31-22(16)27-21(14)28(3)4)20(26-13-25-18)24-10-6-12-29-11-5-7-15(29)30/h13H,5-12H2,1-4H3,(H,24,25,26). The van der Waals surface area contributed by atoms with Crippen LogP contribution in [0, 0.1) is 0 Å². The van der Waals surface area contributed by atoms with Crippen molar-refractivity contribution in [3.63, 3.8) is 0 Å². The van der Waals surface area contributed by atoms with Gasteiger partial charge in [-0.15, -0.1) is 11.3 Å². The van der Waals surface area contributed by atoms with Gasteiger partial charge in [0, 0.05) is 45.5 Å². The number of carbonyl (C=O) groups excluding carboxylic acids is 1. The largest absolute Gasteiger partial charge is 0.369 e. The van der Waals surface area contributed by atoms with Crippen LogP contribution in [0.2, 0.25) is 0 Å². The van der Waals surface area contributed by atoms with E-state index in [1.165, 1.54) is 16.5 Å². The average Bonchev–Trinajstić information content (AvgIpc) is 3.40. The molecule has 0 unspecified atom stereocenters. The number of hydrogen-bond acceptors (Lipinski definition) is 7. The maximum atomic E-state index is 11.8. The van der Waals surface area contributed by atoms with Crippen molar-refractivity contribution in [2.75, 3.05) is 43.9 Å². The normalized spacial score (nSPS) is 17.7. The molecule has 0 saturated carbocycles. The monoisotopic (exact) mass is 438 g/mol. The van der Waals surface area contributed by atoms with E-state index in [1.807, 2.05) is 4.90 Å². The second-order valence-electron chi connectivity index (χ2n) is 9.51. The number of amides is 1. The molecule has 3 aromatic heterocycles. The first-order chi connectivity index (χ1) is 14.9. The van der Waals surface area contributed by atoms with E-state index in [4.69, 9.17) is 9.97 Å².